The Kier molecular flexibility index (Phi) is 10.2. The Bertz CT molecular complexity index is 631. The summed E-state index contributed by atoms with van der Waals surface area (Å²) in [5.41, 5.74) is 3.28. The second-order valence-corrected chi connectivity index (χ2v) is 7.86. The van der Waals surface area contributed by atoms with Crippen molar-refractivity contribution in [2.24, 2.45) is 17.8 Å². The molecule has 1 aromatic carbocycles. The van der Waals surface area contributed by atoms with Gasteiger partial charge in [-0.15, -0.1) is 0 Å². The van der Waals surface area contributed by atoms with E-state index in [-0.39, 0.29) is 24.9 Å². The summed E-state index contributed by atoms with van der Waals surface area (Å²) in [5.74, 6) is -2.20. The highest BCUT2D eigenvalue weighted by atomic mass is 16.6. The van der Waals surface area contributed by atoms with Crippen LogP contribution in [-0.4, -0.2) is 28.9 Å². The molecule has 156 valence electrons. The molecule has 0 fully saturated rings. The fraction of sp³-hybridized carbons (Fsp3) is 0.571. The van der Waals surface area contributed by atoms with Crippen LogP contribution in [0.1, 0.15) is 52.5 Å². The maximum atomic E-state index is 12.6. The average Bonchev–Trinajstić information content (AvgIpc) is 2.60. The Labute approximate surface area is 166 Å². The third kappa shape index (κ3) is 9.50. The molecule has 0 radical (unpaired) electrons. The summed E-state index contributed by atoms with van der Waals surface area (Å²) in [6, 6.07) is 8.43. The second-order valence-electron chi connectivity index (χ2n) is 7.86. The number of carbonyl (C=O) groups excluding carboxylic acids is 2. The lowest BCUT2D eigenvalue weighted by molar-refractivity contribution is -0.144. The zero-order chi connectivity index (χ0) is 21.1. The van der Waals surface area contributed by atoms with E-state index in [1.165, 1.54) is 0 Å². The normalized spacial score (nSPS) is 13.2. The fourth-order valence-corrected chi connectivity index (χ4v) is 2.87. The number of amides is 2. The molecule has 0 saturated carbocycles. The molecular formula is C21H32N2O5. The van der Waals surface area contributed by atoms with Crippen LogP contribution in [0.3, 0.4) is 0 Å². The number of hydrogen-bond acceptors (Lipinski definition) is 4. The molecule has 0 bridgehead atoms. The Balaban J connectivity index is 2.61. The van der Waals surface area contributed by atoms with E-state index in [0.29, 0.717) is 12.8 Å². The van der Waals surface area contributed by atoms with Crippen molar-refractivity contribution in [2.45, 2.75) is 59.6 Å². The molecule has 0 aliphatic heterocycles. The number of carboxylic acids is 1. The van der Waals surface area contributed by atoms with Crippen molar-refractivity contribution in [2.75, 3.05) is 0 Å². The molecule has 2 atom stereocenters. The van der Waals surface area contributed by atoms with Crippen molar-refractivity contribution < 1.29 is 24.3 Å². The minimum atomic E-state index is -1.07. The Morgan fingerprint density at radius 1 is 1.00 bits per heavy atom. The smallest absolute Gasteiger partial charge is 0.326 e. The predicted molar refractivity (Wildman–Crippen MR) is 106 cm³/mol. The summed E-state index contributed by atoms with van der Waals surface area (Å²) in [7, 11) is 0. The van der Waals surface area contributed by atoms with Crippen LogP contribution in [0.5, 0.6) is 0 Å². The van der Waals surface area contributed by atoms with Crippen molar-refractivity contribution in [1.82, 2.24) is 10.8 Å². The summed E-state index contributed by atoms with van der Waals surface area (Å²) in [4.78, 5) is 41.4. The standard InChI is InChI=1S/C21H32N2O5/c1-14(2)10-17(20(25)22-18(21(26)27)11-15(3)4)12-19(24)23-28-13-16-8-6-5-7-9-16/h5-9,14-15,17-18H,10-13H2,1-4H3,(H,22,25)(H,23,24)(H,26,27)/t17?,18-/m0/s1. The van der Waals surface area contributed by atoms with E-state index in [1.807, 2.05) is 58.0 Å². The fourth-order valence-electron chi connectivity index (χ4n) is 2.87. The molecule has 0 aromatic heterocycles. The molecule has 1 unspecified atom stereocenters. The van der Waals surface area contributed by atoms with Gasteiger partial charge < -0.3 is 10.4 Å². The van der Waals surface area contributed by atoms with E-state index >= 15 is 0 Å². The van der Waals surface area contributed by atoms with Gasteiger partial charge in [-0.2, -0.15) is 0 Å². The van der Waals surface area contributed by atoms with Gasteiger partial charge in [0.15, 0.2) is 0 Å². The van der Waals surface area contributed by atoms with Gasteiger partial charge in [-0.1, -0.05) is 58.0 Å². The van der Waals surface area contributed by atoms with Crippen molar-refractivity contribution in [3.63, 3.8) is 0 Å². The third-order valence-corrected chi connectivity index (χ3v) is 4.15. The van der Waals surface area contributed by atoms with E-state index in [2.05, 4.69) is 10.8 Å². The van der Waals surface area contributed by atoms with Crippen molar-refractivity contribution in [1.29, 1.82) is 0 Å². The van der Waals surface area contributed by atoms with Gasteiger partial charge >= 0.3 is 5.97 Å². The number of hydrogen-bond donors (Lipinski definition) is 3. The van der Waals surface area contributed by atoms with E-state index in [9.17, 15) is 19.5 Å². The van der Waals surface area contributed by atoms with Crippen molar-refractivity contribution in [3.05, 3.63) is 35.9 Å². The van der Waals surface area contributed by atoms with Crippen LogP contribution < -0.4 is 10.8 Å². The lowest BCUT2D eigenvalue weighted by Crippen LogP contribution is -2.45. The first-order valence-electron chi connectivity index (χ1n) is 9.66. The van der Waals surface area contributed by atoms with Gasteiger partial charge in [0.1, 0.15) is 6.04 Å². The minimum Gasteiger partial charge on any atom is -0.480 e. The van der Waals surface area contributed by atoms with Gasteiger partial charge in [-0.25, -0.2) is 10.3 Å². The molecule has 0 aliphatic rings. The average molecular weight is 392 g/mol. The highest BCUT2D eigenvalue weighted by Gasteiger charge is 2.28. The van der Waals surface area contributed by atoms with Crippen molar-refractivity contribution in [3.8, 4) is 0 Å². The number of carboxylic acid groups (broad SMARTS) is 1. The number of benzene rings is 1. The van der Waals surface area contributed by atoms with Crippen LogP contribution in [0.25, 0.3) is 0 Å². The second kappa shape index (κ2) is 12.1. The maximum Gasteiger partial charge on any atom is 0.326 e. The molecule has 1 rings (SSSR count). The zero-order valence-corrected chi connectivity index (χ0v) is 17.1. The molecular weight excluding hydrogens is 360 g/mol. The predicted octanol–water partition coefficient (Wildman–Crippen LogP) is 2.90. The molecule has 7 heteroatoms. The van der Waals surface area contributed by atoms with Gasteiger partial charge in [0.05, 0.1) is 6.61 Å². The Morgan fingerprint density at radius 2 is 1.61 bits per heavy atom. The van der Waals surface area contributed by atoms with E-state index in [1.54, 1.807) is 0 Å². The highest BCUT2D eigenvalue weighted by molar-refractivity contribution is 5.88. The quantitative estimate of drug-likeness (QED) is 0.475. The van der Waals surface area contributed by atoms with Crippen LogP contribution in [0.2, 0.25) is 0 Å². The first-order chi connectivity index (χ1) is 13.2. The van der Waals surface area contributed by atoms with E-state index < -0.39 is 29.7 Å². The van der Waals surface area contributed by atoms with Gasteiger partial charge in [0, 0.05) is 12.3 Å². The number of aliphatic carboxylic acids is 1. The largest absolute Gasteiger partial charge is 0.480 e. The van der Waals surface area contributed by atoms with Gasteiger partial charge in [-0.3, -0.25) is 14.4 Å². The molecule has 0 aliphatic carbocycles. The van der Waals surface area contributed by atoms with E-state index in [0.717, 1.165) is 5.56 Å². The van der Waals surface area contributed by atoms with Crippen molar-refractivity contribution >= 4 is 17.8 Å². The molecule has 28 heavy (non-hydrogen) atoms. The van der Waals surface area contributed by atoms with Gasteiger partial charge in [-0.05, 0) is 30.2 Å². The molecule has 1 aromatic rings. The number of nitrogens with one attached hydrogen (secondary N) is 2. The van der Waals surface area contributed by atoms with Crippen LogP contribution >= 0.6 is 0 Å². The molecule has 2 amide bonds. The first kappa shape index (κ1) is 23.6. The third-order valence-electron chi connectivity index (χ3n) is 4.15. The lowest BCUT2D eigenvalue weighted by atomic mass is 9.92. The van der Waals surface area contributed by atoms with Crippen LogP contribution in [-0.2, 0) is 25.8 Å². The Hall–Kier alpha value is -2.41. The Morgan fingerprint density at radius 3 is 2.14 bits per heavy atom. The summed E-state index contributed by atoms with van der Waals surface area (Å²) >= 11 is 0. The lowest BCUT2D eigenvalue weighted by Gasteiger charge is -2.22. The minimum absolute atomic E-state index is 0.0627. The van der Waals surface area contributed by atoms with Crippen LogP contribution in [0, 0.1) is 17.8 Å². The zero-order valence-electron chi connectivity index (χ0n) is 17.1. The summed E-state index contributed by atoms with van der Waals surface area (Å²) < 4.78 is 0. The summed E-state index contributed by atoms with van der Waals surface area (Å²) in [6.45, 7) is 7.92. The topological polar surface area (TPSA) is 105 Å². The molecule has 7 nitrogen and oxygen atoms in total. The van der Waals surface area contributed by atoms with Crippen LogP contribution in [0.15, 0.2) is 30.3 Å². The van der Waals surface area contributed by atoms with Crippen LogP contribution in [0.4, 0.5) is 0 Å². The van der Waals surface area contributed by atoms with E-state index in [4.69, 9.17) is 4.84 Å². The SMILES string of the molecule is CC(C)CC(CC(=O)NOCc1ccccc1)C(=O)N[C@@H](CC(C)C)C(=O)O. The summed E-state index contributed by atoms with van der Waals surface area (Å²) in [6.07, 6.45) is 0.751. The highest BCUT2D eigenvalue weighted by Crippen LogP contribution is 2.17. The number of hydroxylamine groups is 1. The number of rotatable bonds is 12. The maximum absolute atomic E-state index is 12.6. The molecule has 0 spiro atoms. The molecule has 0 saturated heterocycles. The number of carbonyl (C=O) groups is 3. The van der Waals surface area contributed by atoms with Gasteiger partial charge in [0.25, 0.3) is 0 Å². The molecule has 3 N–H and O–H groups in total. The summed E-state index contributed by atoms with van der Waals surface area (Å²) in [5, 5.41) is 11.9. The van der Waals surface area contributed by atoms with Gasteiger partial charge in [0.2, 0.25) is 11.8 Å². The monoisotopic (exact) mass is 392 g/mol. The molecule has 0 heterocycles. The first-order valence-corrected chi connectivity index (χ1v) is 9.66.